The van der Waals surface area contributed by atoms with Crippen LogP contribution in [-0.4, -0.2) is 4.57 Å². The van der Waals surface area contributed by atoms with Gasteiger partial charge in [-0.3, -0.25) is 0 Å². The molecule has 0 saturated carbocycles. The molecule has 0 atom stereocenters. The lowest BCUT2D eigenvalue weighted by molar-refractivity contribution is 0.670. The third kappa shape index (κ3) is 6.04. The second-order valence-electron chi connectivity index (χ2n) is 16.6. The van der Waals surface area contributed by atoms with Crippen molar-refractivity contribution >= 4 is 71.6 Å². The number of para-hydroxylation sites is 2. The van der Waals surface area contributed by atoms with Crippen LogP contribution in [0.25, 0.3) is 93.6 Å². The SMILES string of the molecule is Cc1ccccc1-c1cc(N(c2ccc(-c3ccccc3)cc2)c2ccc(-c3cc4c5ccccc5n(-c5cccc6ccccc56)c4c4c3oc3ccccc34)cc2)ccc1C. The van der Waals surface area contributed by atoms with E-state index >= 15 is 0 Å². The van der Waals surface area contributed by atoms with Gasteiger partial charge in [-0.25, -0.2) is 0 Å². The summed E-state index contributed by atoms with van der Waals surface area (Å²) in [5.41, 5.74) is 18.0. The molecule has 3 heteroatoms. The Labute approximate surface area is 366 Å². The molecule has 0 fully saturated rings. The summed E-state index contributed by atoms with van der Waals surface area (Å²) < 4.78 is 9.39. The molecule has 0 saturated heterocycles. The van der Waals surface area contributed by atoms with Crippen molar-refractivity contribution in [2.75, 3.05) is 4.90 Å². The van der Waals surface area contributed by atoms with Crippen LogP contribution >= 0.6 is 0 Å². The van der Waals surface area contributed by atoms with Crippen molar-refractivity contribution in [2.45, 2.75) is 13.8 Å². The molecule has 10 aromatic carbocycles. The van der Waals surface area contributed by atoms with E-state index < -0.39 is 0 Å². The maximum atomic E-state index is 6.94. The molecule has 0 aliphatic carbocycles. The van der Waals surface area contributed by atoms with Crippen molar-refractivity contribution < 1.29 is 4.42 Å². The van der Waals surface area contributed by atoms with Crippen molar-refractivity contribution in [1.29, 1.82) is 0 Å². The van der Waals surface area contributed by atoms with Gasteiger partial charge in [0.05, 0.1) is 22.1 Å². The molecule has 0 N–H and O–H groups in total. The van der Waals surface area contributed by atoms with Gasteiger partial charge in [-0.1, -0.05) is 158 Å². The number of anilines is 3. The second kappa shape index (κ2) is 14.8. The maximum absolute atomic E-state index is 6.94. The van der Waals surface area contributed by atoms with Crippen molar-refractivity contribution in [2.24, 2.45) is 0 Å². The van der Waals surface area contributed by atoms with Crippen LogP contribution in [-0.2, 0) is 0 Å². The minimum Gasteiger partial charge on any atom is -0.455 e. The fraction of sp³-hybridized carbons (Fsp3) is 0.0333. The van der Waals surface area contributed by atoms with Crippen LogP contribution in [0.15, 0.2) is 223 Å². The van der Waals surface area contributed by atoms with Crippen LogP contribution in [0, 0.1) is 13.8 Å². The summed E-state index contributed by atoms with van der Waals surface area (Å²) >= 11 is 0. The first-order chi connectivity index (χ1) is 31.1. The normalized spacial score (nSPS) is 11.7. The van der Waals surface area contributed by atoms with Gasteiger partial charge in [-0.15, -0.1) is 0 Å². The Morgan fingerprint density at radius 3 is 1.79 bits per heavy atom. The van der Waals surface area contributed by atoms with Gasteiger partial charge in [0.15, 0.2) is 0 Å². The molecular weight excluding hydrogens is 765 g/mol. The lowest BCUT2D eigenvalue weighted by atomic mass is 9.95. The van der Waals surface area contributed by atoms with Gasteiger partial charge < -0.3 is 13.9 Å². The zero-order valence-electron chi connectivity index (χ0n) is 35.1. The first kappa shape index (κ1) is 36.7. The van der Waals surface area contributed by atoms with E-state index in [2.05, 4.69) is 242 Å². The molecule has 298 valence electrons. The van der Waals surface area contributed by atoms with E-state index in [0.29, 0.717) is 0 Å². The highest BCUT2D eigenvalue weighted by molar-refractivity contribution is 6.27. The summed E-state index contributed by atoms with van der Waals surface area (Å²) in [6.07, 6.45) is 0. The molecule has 0 aliphatic rings. The Kier molecular flexibility index (Phi) is 8.62. The summed E-state index contributed by atoms with van der Waals surface area (Å²) in [6, 6.07) is 78.9. The zero-order valence-corrected chi connectivity index (χ0v) is 35.1. The van der Waals surface area contributed by atoms with E-state index in [1.807, 2.05) is 0 Å². The van der Waals surface area contributed by atoms with Gasteiger partial charge >= 0.3 is 0 Å². The maximum Gasteiger partial charge on any atom is 0.145 e. The number of furan rings is 1. The van der Waals surface area contributed by atoms with E-state index in [-0.39, 0.29) is 0 Å². The first-order valence-electron chi connectivity index (χ1n) is 21.7. The van der Waals surface area contributed by atoms with Gasteiger partial charge in [0.2, 0.25) is 0 Å². The summed E-state index contributed by atoms with van der Waals surface area (Å²) in [4.78, 5) is 2.37. The third-order valence-corrected chi connectivity index (χ3v) is 12.9. The van der Waals surface area contributed by atoms with E-state index in [1.165, 1.54) is 60.4 Å². The molecule has 12 rings (SSSR count). The van der Waals surface area contributed by atoms with Crippen molar-refractivity contribution in [3.63, 3.8) is 0 Å². The minimum atomic E-state index is 0.876. The fourth-order valence-corrected chi connectivity index (χ4v) is 9.79. The summed E-state index contributed by atoms with van der Waals surface area (Å²) in [7, 11) is 0. The van der Waals surface area contributed by atoms with E-state index in [1.54, 1.807) is 0 Å². The lowest BCUT2D eigenvalue weighted by Crippen LogP contribution is -2.10. The topological polar surface area (TPSA) is 21.3 Å². The molecule has 0 amide bonds. The molecule has 0 radical (unpaired) electrons. The highest BCUT2D eigenvalue weighted by Crippen LogP contribution is 2.47. The molecule has 2 aromatic heterocycles. The van der Waals surface area contributed by atoms with Gasteiger partial charge in [-0.05, 0) is 119 Å². The van der Waals surface area contributed by atoms with Crippen LogP contribution in [0.4, 0.5) is 17.1 Å². The van der Waals surface area contributed by atoms with Gasteiger partial charge in [-0.2, -0.15) is 0 Å². The van der Waals surface area contributed by atoms with Crippen LogP contribution in [0.5, 0.6) is 0 Å². The highest BCUT2D eigenvalue weighted by Gasteiger charge is 2.24. The number of nitrogens with zero attached hydrogens (tertiary/aromatic N) is 2. The number of fused-ring (bicyclic) bond motifs is 8. The van der Waals surface area contributed by atoms with Gasteiger partial charge in [0.1, 0.15) is 11.2 Å². The quantitative estimate of drug-likeness (QED) is 0.160. The Hall–Kier alpha value is -8.14. The van der Waals surface area contributed by atoms with Crippen molar-refractivity contribution in [1.82, 2.24) is 4.57 Å². The van der Waals surface area contributed by atoms with E-state index in [0.717, 1.165) is 61.3 Å². The van der Waals surface area contributed by atoms with Gasteiger partial charge in [0, 0.05) is 44.2 Å². The monoisotopic (exact) mass is 806 g/mol. The largest absolute Gasteiger partial charge is 0.455 e. The highest BCUT2D eigenvalue weighted by atomic mass is 16.3. The number of rotatable bonds is 7. The number of hydrogen-bond acceptors (Lipinski definition) is 2. The average molecular weight is 807 g/mol. The van der Waals surface area contributed by atoms with Crippen LogP contribution in [0.2, 0.25) is 0 Å². The standard InChI is InChI=1S/C60H42N2O/c1-39-15-6-8-20-48(39)52-37-47(32-27-40(52)2)61(45-33-28-42(29-34-45)41-16-4-3-5-17-41)46-35-30-44(31-36-46)53-38-54-50-22-10-12-24-56(50)62(55-25-14-19-43-18-7-9-21-49(43)55)59(54)58-51-23-11-13-26-57(51)63-60(53)58/h3-38H,1-2H3. The Morgan fingerprint density at radius 2 is 1.00 bits per heavy atom. The molecule has 63 heavy (non-hydrogen) atoms. The predicted molar refractivity (Wildman–Crippen MR) is 266 cm³/mol. The molecule has 0 unspecified atom stereocenters. The van der Waals surface area contributed by atoms with Crippen LogP contribution in [0.3, 0.4) is 0 Å². The average Bonchev–Trinajstić information content (AvgIpc) is 3.89. The van der Waals surface area contributed by atoms with Gasteiger partial charge in [0.25, 0.3) is 0 Å². The Bertz CT molecular complexity index is 3680. The Balaban J connectivity index is 1.06. The summed E-state index contributed by atoms with van der Waals surface area (Å²) in [6.45, 7) is 4.40. The molecule has 0 spiro atoms. The number of hydrogen-bond donors (Lipinski definition) is 0. The van der Waals surface area contributed by atoms with Crippen LogP contribution in [0.1, 0.15) is 11.1 Å². The molecule has 3 nitrogen and oxygen atoms in total. The third-order valence-electron chi connectivity index (χ3n) is 12.9. The van der Waals surface area contributed by atoms with E-state index in [4.69, 9.17) is 4.42 Å². The van der Waals surface area contributed by atoms with Crippen molar-refractivity contribution in [3.8, 4) is 39.1 Å². The molecular formula is C60H42N2O. The predicted octanol–water partition coefficient (Wildman–Crippen LogP) is 16.9. The number of aryl methyl sites for hydroxylation is 2. The molecule has 2 heterocycles. The first-order valence-corrected chi connectivity index (χ1v) is 21.7. The smallest absolute Gasteiger partial charge is 0.145 e. The molecule has 12 aromatic rings. The number of benzene rings is 10. The minimum absolute atomic E-state index is 0.876. The fourth-order valence-electron chi connectivity index (χ4n) is 9.79. The zero-order chi connectivity index (χ0) is 42.0. The summed E-state index contributed by atoms with van der Waals surface area (Å²) in [5, 5.41) is 7.05. The summed E-state index contributed by atoms with van der Waals surface area (Å²) in [5.74, 6) is 0. The van der Waals surface area contributed by atoms with E-state index in [9.17, 15) is 0 Å². The number of aromatic nitrogens is 1. The Morgan fingerprint density at radius 1 is 0.397 bits per heavy atom. The second-order valence-corrected chi connectivity index (χ2v) is 16.6. The molecule has 0 bridgehead atoms. The van der Waals surface area contributed by atoms with Crippen molar-refractivity contribution in [3.05, 3.63) is 230 Å². The lowest BCUT2D eigenvalue weighted by Gasteiger charge is -2.27. The molecule has 0 aliphatic heterocycles. The van der Waals surface area contributed by atoms with Crippen LogP contribution < -0.4 is 4.90 Å².